The molecule has 0 bridgehead atoms. The third kappa shape index (κ3) is 4.22. The first-order chi connectivity index (χ1) is 14.5. The third-order valence-electron chi connectivity index (χ3n) is 4.76. The lowest BCUT2D eigenvalue weighted by molar-refractivity contribution is -0.123. The number of hydrogen-bond acceptors (Lipinski definition) is 5. The summed E-state index contributed by atoms with van der Waals surface area (Å²) >= 11 is 5.76. The highest BCUT2D eigenvalue weighted by Crippen LogP contribution is 2.46. The number of hydrogen-bond donors (Lipinski definition) is 2. The third-order valence-corrected chi connectivity index (χ3v) is 5.03. The van der Waals surface area contributed by atoms with E-state index in [4.69, 9.17) is 22.1 Å². The molecule has 3 N–H and O–H groups in total. The van der Waals surface area contributed by atoms with Crippen molar-refractivity contribution < 1.29 is 31.5 Å². The summed E-state index contributed by atoms with van der Waals surface area (Å²) in [5.41, 5.74) is 2.12. The Bertz CT molecular complexity index is 1030. The summed E-state index contributed by atoms with van der Waals surface area (Å²) in [5.74, 6) is -5.85. The Morgan fingerprint density at radius 3 is 2.74 bits per heavy atom. The Morgan fingerprint density at radius 2 is 2.13 bits per heavy atom. The fraction of sp³-hybridized carbons (Fsp3) is 0.389. The average Bonchev–Trinajstić information content (AvgIpc) is 3.04. The van der Waals surface area contributed by atoms with Gasteiger partial charge in [-0.1, -0.05) is 18.5 Å². The predicted octanol–water partition coefficient (Wildman–Crippen LogP) is 3.95. The van der Waals surface area contributed by atoms with Crippen molar-refractivity contribution in [3.05, 3.63) is 46.5 Å². The quantitative estimate of drug-likeness (QED) is 0.654. The summed E-state index contributed by atoms with van der Waals surface area (Å²) in [5, 5.41) is 5.32. The molecule has 1 atom stereocenters. The van der Waals surface area contributed by atoms with Crippen LogP contribution in [-0.4, -0.2) is 40.7 Å². The van der Waals surface area contributed by atoms with Crippen molar-refractivity contribution in [2.24, 2.45) is 10.7 Å². The molecule has 13 heteroatoms. The van der Waals surface area contributed by atoms with Gasteiger partial charge in [0, 0.05) is 11.3 Å². The molecule has 1 aliphatic rings. The van der Waals surface area contributed by atoms with Gasteiger partial charge in [0.05, 0.1) is 11.2 Å². The summed E-state index contributed by atoms with van der Waals surface area (Å²) in [6, 6.07) is 2.95. The van der Waals surface area contributed by atoms with Gasteiger partial charge in [0.25, 0.3) is 11.8 Å². The van der Waals surface area contributed by atoms with Crippen LogP contribution >= 0.6 is 11.6 Å². The van der Waals surface area contributed by atoms with Crippen LogP contribution in [0.2, 0.25) is 5.02 Å². The van der Waals surface area contributed by atoms with E-state index in [0.29, 0.717) is 0 Å². The Kier molecular flexibility index (Phi) is 6.23. The molecular formula is C18H17ClF5N5O2. The van der Waals surface area contributed by atoms with E-state index in [9.17, 15) is 26.7 Å². The van der Waals surface area contributed by atoms with Crippen LogP contribution in [0.4, 0.5) is 27.6 Å². The number of amides is 1. The van der Waals surface area contributed by atoms with Crippen LogP contribution in [0.1, 0.15) is 35.9 Å². The zero-order valence-corrected chi connectivity index (χ0v) is 16.8. The van der Waals surface area contributed by atoms with Crippen molar-refractivity contribution in [2.75, 3.05) is 18.5 Å². The Labute approximate surface area is 178 Å². The molecule has 2 aromatic rings. The minimum Gasteiger partial charge on any atom is -0.385 e. The highest BCUT2D eigenvalue weighted by atomic mass is 35.5. The van der Waals surface area contributed by atoms with E-state index in [0.717, 1.165) is 24.4 Å². The van der Waals surface area contributed by atoms with E-state index in [2.05, 4.69) is 15.4 Å². The summed E-state index contributed by atoms with van der Waals surface area (Å²) in [4.78, 5) is 16.3. The number of anilines is 1. The predicted molar refractivity (Wildman–Crippen MR) is 102 cm³/mol. The van der Waals surface area contributed by atoms with Crippen LogP contribution in [0.5, 0.6) is 0 Å². The maximum atomic E-state index is 15.0. The van der Waals surface area contributed by atoms with Gasteiger partial charge in [0.15, 0.2) is 11.2 Å². The first kappa shape index (κ1) is 22.9. The van der Waals surface area contributed by atoms with Gasteiger partial charge in [0.1, 0.15) is 24.9 Å². The molecule has 1 aliphatic heterocycles. The molecule has 7 nitrogen and oxygen atoms in total. The number of carbonyl (C=O) groups is 1. The number of nitrogens with one attached hydrogen (secondary N) is 1. The summed E-state index contributed by atoms with van der Waals surface area (Å²) < 4.78 is 75.1. The molecule has 31 heavy (non-hydrogen) atoms. The lowest BCUT2D eigenvalue weighted by atomic mass is 9.81. The van der Waals surface area contributed by atoms with Gasteiger partial charge >= 0.3 is 6.55 Å². The summed E-state index contributed by atoms with van der Waals surface area (Å²) in [6.07, 6.45) is 0.426. The van der Waals surface area contributed by atoms with Gasteiger partial charge in [-0.25, -0.2) is 17.9 Å². The number of rotatable bonds is 5. The number of aromatic nitrogens is 2. The maximum absolute atomic E-state index is 15.0. The smallest absolute Gasteiger partial charge is 0.333 e. The van der Waals surface area contributed by atoms with Crippen LogP contribution in [-0.2, 0) is 10.3 Å². The minimum absolute atomic E-state index is 0.105. The summed E-state index contributed by atoms with van der Waals surface area (Å²) in [6.45, 7) is -3.02. The zero-order chi connectivity index (χ0) is 23.0. The molecule has 0 aliphatic carbocycles. The normalized spacial score (nSPS) is 21.0. The van der Waals surface area contributed by atoms with Crippen LogP contribution in [0.15, 0.2) is 29.4 Å². The van der Waals surface area contributed by atoms with Crippen molar-refractivity contribution in [1.82, 2.24) is 9.78 Å². The van der Waals surface area contributed by atoms with E-state index >= 15 is 0 Å². The lowest BCUT2D eigenvalue weighted by Gasteiger charge is -2.36. The highest BCUT2D eigenvalue weighted by molar-refractivity contribution is 6.34. The van der Waals surface area contributed by atoms with Crippen LogP contribution in [0.3, 0.4) is 0 Å². The van der Waals surface area contributed by atoms with Crippen LogP contribution in [0, 0.1) is 5.82 Å². The molecule has 0 saturated carbocycles. The monoisotopic (exact) mass is 465 g/mol. The van der Waals surface area contributed by atoms with E-state index in [-0.39, 0.29) is 34.3 Å². The highest BCUT2D eigenvalue weighted by Gasteiger charge is 2.56. The van der Waals surface area contributed by atoms with Crippen molar-refractivity contribution in [3.8, 4) is 0 Å². The average molecular weight is 466 g/mol. The molecule has 1 amide bonds. The van der Waals surface area contributed by atoms with Crippen LogP contribution < -0.4 is 11.1 Å². The number of carbonyl (C=O) groups excluding carboxylic acids is 1. The topological polar surface area (TPSA) is 94.5 Å². The second kappa shape index (κ2) is 8.42. The number of nitrogens with two attached hydrogens (primary N) is 1. The SMILES string of the molecule is CC[C@]1(c2cc(NC(=O)c3nn(C(F)F)cc3Cl)ccc2F)N=C(N)COCC1(F)F. The van der Waals surface area contributed by atoms with E-state index in [1.54, 1.807) is 0 Å². The molecule has 3 rings (SSSR count). The lowest BCUT2D eigenvalue weighted by Crippen LogP contribution is -2.47. The van der Waals surface area contributed by atoms with E-state index < -0.39 is 47.6 Å². The number of aliphatic imine (C=N–C) groups is 1. The zero-order valence-electron chi connectivity index (χ0n) is 16.0. The molecule has 2 heterocycles. The van der Waals surface area contributed by atoms with Gasteiger partial charge in [-0.05, 0) is 24.6 Å². The number of benzene rings is 1. The Balaban J connectivity index is 2.02. The standard InChI is InChI=1S/C18H17ClF5N5O2/c1-2-17(18(23,24)8-31-7-13(25)27-17)10-5-9(3-4-12(10)20)26-15(30)14-11(19)6-29(28-14)16(21)22/h3-6,16H,2,7-8H2,1H3,(H2,25,27)(H,26,30)/t17-/m1/s1. The van der Waals surface area contributed by atoms with Crippen molar-refractivity contribution in [2.45, 2.75) is 31.4 Å². The molecular weight excluding hydrogens is 449 g/mol. The van der Waals surface area contributed by atoms with Gasteiger partial charge in [-0.15, -0.1) is 0 Å². The molecule has 0 radical (unpaired) electrons. The number of nitrogens with zero attached hydrogens (tertiary/aromatic N) is 3. The fourth-order valence-electron chi connectivity index (χ4n) is 3.28. The first-order valence-corrected chi connectivity index (χ1v) is 9.32. The minimum atomic E-state index is -3.62. The van der Waals surface area contributed by atoms with Crippen LogP contribution in [0.25, 0.3) is 0 Å². The van der Waals surface area contributed by atoms with E-state index in [1.807, 2.05) is 0 Å². The Hall–Kier alpha value is -2.73. The largest absolute Gasteiger partial charge is 0.385 e. The molecule has 0 spiro atoms. The maximum Gasteiger partial charge on any atom is 0.333 e. The number of halogens is 6. The molecule has 1 aromatic carbocycles. The molecule has 0 saturated heterocycles. The molecule has 1 aromatic heterocycles. The van der Waals surface area contributed by atoms with E-state index in [1.165, 1.54) is 6.92 Å². The van der Waals surface area contributed by atoms with Gasteiger partial charge in [-0.3, -0.25) is 9.79 Å². The molecule has 168 valence electrons. The molecule has 0 unspecified atom stereocenters. The van der Waals surface area contributed by atoms with Crippen molar-refractivity contribution >= 4 is 29.0 Å². The number of amidine groups is 1. The van der Waals surface area contributed by atoms with Crippen molar-refractivity contribution in [1.29, 1.82) is 0 Å². The van der Waals surface area contributed by atoms with Gasteiger partial charge in [-0.2, -0.15) is 13.9 Å². The second-order valence-electron chi connectivity index (χ2n) is 6.75. The van der Waals surface area contributed by atoms with Crippen molar-refractivity contribution in [3.63, 3.8) is 0 Å². The number of ether oxygens (including phenoxy) is 1. The summed E-state index contributed by atoms with van der Waals surface area (Å²) in [7, 11) is 0. The van der Waals surface area contributed by atoms with Gasteiger partial charge in [0.2, 0.25) is 0 Å². The second-order valence-corrected chi connectivity index (χ2v) is 7.15. The Morgan fingerprint density at radius 1 is 1.42 bits per heavy atom. The fourth-order valence-corrected chi connectivity index (χ4v) is 3.50. The number of alkyl halides is 4. The first-order valence-electron chi connectivity index (χ1n) is 8.94. The van der Waals surface area contributed by atoms with Gasteiger partial charge < -0.3 is 15.8 Å². The molecule has 0 fully saturated rings.